The van der Waals surface area contributed by atoms with Gasteiger partial charge in [-0.3, -0.25) is 9.10 Å². The van der Waals surface area contributed by atoms with Crippen LogP contribution >= 0.6 is 23.2 Å². The number of hydrogen-bond donors (Lipinski definition) is 1. The lowest BCUT2D eigenvalue weighted by Gasteiger charge is -2.23. The van der Waals surface area contributed by atoms with Crippen LogP contribution in [0, 0.1) is 0 Å². The van der Waals surface area contributed by atoms with E-state index in [9.17, 15) is 13.2 Å². The molecule has 5 nitrogen and oxygen atoms in total. The molecule has 0 aromatic heterocycles. The van der Waals surface area contributed by atoms with Crippen LogP contribution in [0.4, 0.5) is 5.69 Å². The van der Waals surface area contributed by atoms with Gasteiger partial charge in [0.1, 0.15) is 6.54 Å². The summed E-state index contributed by atoms with van der Waals surface area (Å²) in [5.74, 6) is -0.418. The number of nitrogens with zero attached hydrogens (tertiary/aromatic N) is 1. The molecule has 8 heteroatoms. The van der Waals surface area contributed by atoms with Crippen LogP contribution in [0.25, 0.3) is 0 Å². The Morgan fingerprint density at radius 3 is 2.26 bits per heavy atom. The van der Waals surface area contributed by atoms with Gasteiger partial charge >= 0.3 is 0 Å². The van der Waals surface area contributed by atoms with Crippen molar-refractivity contribution in [2.24, 2.45) is 0 Å². The van der Waals surface area contributed by atoms with Crippen molar-refractivity contribution in [3.8, 4) is 0 Å². The molecule has 0 bridgehead atoms. The zero-order valence-corrected chi connectivity index (χ0v) is 17.7. The Kier molecular flexibility index (Phi) is 7.14. The van der Waals surface area contributed by atoms with E-state index in [1.54, 1.807) is 0 Å². The van der Waals surface area contributed by atoms with Crippen molar-refractivity contribution in [1.82, 2.24) is 5.32 Å². The first kappa shape index (κ1) is 21.5. The standard InChI is InChI=1S/C19H22Cl2N2O3S/c1-4-14-5-7-15(8-6-14)13(2)22-19(24)12-23(27(3,25)26)16-9-10-17(20)18(21)11-16/h5-11,13H,4,12H2,1-3H3,(H,22,24)/t13-/m1/s1. The molecule has 0 aliphatic heterocycles. The lowest BCUT2D eigenvalue weighted by Crippen LogP contribution is -2.41. The number of hydrogen-bond acceptors (Lipinski definition) is 3. The molecule has 1 N–H and O–H groups in total. The average molecular weight is 429 g/mol. The highest BCUT2D eigenvalue weighted by Gasteiger charge is 2.22. The monoisotopic (exact) mass is 428 g/mol. The molecular weight excluding hydrogens is 407 g/mol. The molecule has 0 saturated carbocycles. The number of sulfonamides is 1. The second kappa shape index (κ2) is 8.95. The van der Waals surface area contributed by atoms with Crippen LogP contribution in [-0.4, -0.2) is 27.1 Å². The van der Waals surface area contributed by atoms with E-state index < -0.39 is 15.9 Å². The Morgan fingerprint density at radius 1 is 1.11 bits per heavy atom. The maximum Gasteiger partial charge on any atom is 0.241 e. The first-order valence-electron chi connectivity index (χ1n) is 8.42. The fourth-order valence-corrected chi connectivity index (χ4v) is 3.72. The van der Waals surface area contributed by atoms with Gasteiger partial charge in [0.15, 0.2) is 0 Å². The number of carbonyl (C=O) groups excluding carboxylic acids is 1. The molecule has 146 valence electrons. The first-order valence-corrected chi connectivity index (χ1v) is 11.0. The number of nitrogens with one attached hydrogen (secondary N) is 1. The van der Waals surface area contributed by atoms with E-state index in [1.807, 2.05) is 31.2 Å². The second-order valence-corrected chi connectivity index (χ2v) is 8.97. The zero-order chi connectivity index (χ0) is 20.2. The zero-order valence-electron chi connectivity index (χ0n) is 15.4. The molecule has 2 rings (SSSR count). The van der Waals surface area contributed by atoms with E-state index in [-0.39, 0.29) is 23.3 Å². The van der Waals surface area contributed by atoms with Gasteiger partial charge in [0.05, 0.1) is 28.0 Å². The highest BCUT2D eigenvalue weighted by atomic mass is 35.5. The molecule has 0 aliphatic rings. The van der Waals surface area contributed by atoms with Crippen LogP contribution in [0.3, 0.4) is 0 Å². The molecule has 0 heterocycles. The lowest BCUT2D eigenvalue weighted by atomic mass is 10.1. The van der Waals surface area contributed by atoms with Gasteiger partial charge in [-0.15, -0.1) is 0 Å². The molecule has 0 aliphatic carbocycles. The van der Waals surface area contributed by atoms with E-state index in [0.29, 0.717) is 5.02 Å². The van der Waals surface area contributed by atoms with Crippen molar-refractivity contribution in [2.75, 3.05) is 17.1 Å². The van der Waals surface area contributed by atoms with E-state index in [2.05, 4.69) is 12.2 Å². The molecule has 0 radical (unpaired) electrons. The van der Waals surface area contributed by atoms with E-state index in [4.69, 9.17) is 23.2 Å². The number of anilines is 1. The molecule has 27 heavy (non-hydrogen) atoms. The summed E-state index contributed by atoms with van der Waals surface area (Å²) in [4.78, 5) is 12.5. The molecule has 1 amide bonds. The van der Waals surface area contributed by atoms with Gasteiger partial charge in [-0.2, -0.15) is 0 Å². The summed E-state index contributed by atoms with van der Waals surface area (Å²) in [6.45, 7) is 3.57. The van der Waals surface area contributed by atoms with Crippen molar-refractivity contribution < 1.29 is 13.2 Å². The maximum atomic E-state index is 12.5. The Hall–Kier alpha value is -1.76. The summed E-state index contributed by atoms with van der Waals surface area (Å²) in [6, 6.07) is 12.1. The van der Waals surface area contributed by atoms with Crippen molar-refractivity contribution in [3.63, 3.8) is 0 Å². The molecule has 2 aromatic carbocycles. The van der Waals surface area contributed by atoms with Gasteiger partial charge < -0.3 is 5.32 Å². The molecule has 0 fully saturated rings. The minimum atomic E-state index is -3.68. The van der Waals surface area contributed by atoms with Gasteiger partial charge in [0.25, 0.3) is 0 Å². The number of rotatable bonds is 7. The summed E-state index contributed by atoms with van der Waals surface area (Å²) < 4.78 is 25.3. The quantitative estimate of drug-likeness (QED) is 0.718. The Morgan fingerprint density at radius 2 is 1.74 bits per heavy atom. The van der Waals surface area contributed by atoms with Crippen molar-refractivity contribution >= 4 is 44.8 Å². The van der Waals surface area contributed by atoms with Gasteiger partial charge in [-0.25, -0.2) is 8.42 Å². The fraction of sp³-hybridized carbons (Fsp3) is 0.316. The Balaban J connectivity index is 2.14. The number of benzene rings is 2. The predicted molar refractivity (Wildman–Crippen MR) is 111 cm³/mol. The molecule has 2 aromatic rings. The summed E-state index contributed by atoms with van der Waals surface area (Å²) in [6.07, 6.45) is 1.98. The minimum absolute atomic E-state index is 0.215. The predicted octanol–water partition coefficient (Wildman–Crippen LogP) is 4.20. The van der Waals surface area contributed by atoms with Gasteiger partial charge in [0.2, 0.25) is 15.9 Å². The van der Waals surface area contributed by atoms with Crippen LogP contribution in [0.1, 0.15) is 31.0 Å². The molecule has 0 unspecified atom stereocenters. The van der Waals surface area contributed by atoms with Crippen molar-refractivity contribution in [3.05, 3.63) is 63.6 Å². The van der Waals surface area contributed by atoms with E-state index in [1.165, 1.54) is 23.8 Å². The lowest BCUT2D eigenvalue weighted by molar-refractivity contribution is -0.120. The van der Waals surface area contributed by atoms with Crippen LogP contribution < -0.4 is 9.62 Å². The Bertz CT molecular complexity index is 915. The molecule has 0 saturated heterocycles. The smallest absolute Gasteiger partial charge is 0.241 e. The normalized spacial score (nSPS) is 12.5. The highest BCUT2D eigenvalue weighted by Crippen LogP contribution is 2.28. The third-order valence-electron chi connectivity index (χ3n) is 4.14. The molecule has 0 spiro atoms. The van der Waals surface area contributed by atoms with E-state index in [0.717, 1.165) is 22.5 Å². The molecule has 1 atom stereocenters. The average Bonchev–Trinajstić information content (AvgIpc) is 2.61. The van der Waals surface area contributed by atoms with Gasteiger partial charge in [-0.1, -0.05) is 54.4 Å². The van der Waals surface area contributed by atoms with E-state index >= 15 is 0 Å². The largest absolute Gasteiger partial charge is 0.348 e. The van der Waals surface area contributed by atoms with Crippen molar-refractivity contribution in [1.29, 1.82) is 0 Å². The van der Waals surface area contributed by atoms with Crippen LogP contribution in [0.2, 0.25) is 10.0 Å². The Labute approximate surface area is 170 Å². The third kappa shape index (κ3) is 5.86. The van der Waals surface area contributed by atoms with Crippen LogP contribution in [0.5, 0.6) is 0 Å². The summed E-state index contributed by atoms with van der Waals surface area (Å²) in [7, 11) is -3.68. The summed E-state index contributed by atoms with van der Waals surface area (Å²) in [5, 5.41) is 3.35. The molecular formula is C19H22Cl2N2O3S. The highest BCUT2D eigenvalue weighted by molar-refractivity contribution is 7.92. The van der Waals surface area contributed by atoms with Crippen LogP contribution in [0.15, 0.2) is 42.5 Å². The van der Waals surface area contributed by atoms with Gasteiger partial charge in [-0.05, 0) is 42.7 Å². The maximum absolute atomic E-state index is 12.5. The summed E-state index contributed by atoms with van der Waals surface area (Å²) >= 11 is 11.9. The summed E-state index contributed by atoms with van der Waals surface area (Å²) in [5.41, 5.74) is 2.43. The second-order valence-electron chi connectivity index (χ2n) is 6.25. The fourth-order valence-electron chi connectivity index (χ4n) is 2.58. The number of carbonyl (C=O) groups is 1. The number of amides is 1. The van der Waals surface area contributed by atoms with Gasteiger partial charge in [0, 0.05) is 0 Å². The third-order valence-corrected chi connectivity index (χ3v) is 6.02. The van der Waals surface area contributed by atoms with Crippen molar-refractivity contribution in [2.45, 2.75) is 26.3 Å². The minimum Gasteiger partial charge on any atom is -0.348 e. The number of aryl methyl sites for hydroxylation is 1. The number of halogens is 2. The topological polar surface area (TPSA) is 66.5 Å². The SMILES string of the molecule is CCc1ccc([C@@H](C)NC(=O)CN(c2ccc(Cl)c(Cl)c2)S(C)(=O)=O)cc1. The van der Waals surface area contributed by atoms with Crippen LogP contribution in [-0.2, 0) is 21.2 Å². The first-order chi connectivity index (χ1) is 12.6.